The largest absolute Gasteiger partial charge is 0.748 e. The van der Waals surface area contributed by atoms with Crippen LogP contribution in [0.5, 0.6) is 0 Å². The van der Waals surface area contributed by atoms with Gasteiger partial charge in [-0.1, -0.05) is 0 Å². The van der Waals surface area contributed by atoms with Gasteiger partial charge in [0.1, 0.15) is 16.7 Å². The van der Waals surface area contributed by atoms with Gasteiger partial charge in [0, 0.05) is 12.3 Å². The third kappa shape index (κ3) is 12.5. The van der Waals surface area contributed by atoms with Gasteiger partial charge in [-0.25, -0.2) is 13.2 Å². The number of nitrogens with one attached hydrogen (secondary N) is 1. The summed E-state index contributed by atoms with van der Waals surface area (Å²) in [6.07, 6.45) is 0.209. The van der Waals surface area contributed by atoms with Gasteiger partial charge < -0.3 is 19.1 Å². The lowest BCUT2D eigenvalue weighted by atomic mass is 10.2. The molecule has 0 fully saturated rings. The highest BCUT2D eigenvalue weighted by Crippen LogP contribution is 2.18. The topological polar surface area (TPSA) is 113 Å². The first-order valence-corrected chi connectivity index (χ1v) is 12.6. The van der Waals surface area contributed by atoms with Crippen molar-refractivity contribution in [2.24, 2.45) is 0 Å². The predicted molar refractivity (Wildman–Crippen MR) is 120 cm³/mol. The van der Waals surface area contributed by atoms with Gasteiger partial charge >= 0.3 is 6.09 Å². The van der Waals surface area contributed by atoms with Crippen LogP contribution in [0.4, 0.5) is 4.79 Å². The second-order valence-corrected chi connectivity index (χ2v) is 10.6. The zero-order valence-electron chi connectivity index (χ0n) is 19.4. The van der Waals surface area contributed by atoms with E-state index in [1.54, 1.807) is 0 Å². The van der Waals surface area contributed by atoms with Gasteiger partial charge in [-0.3, -0.25) is 4.68 Å². The van der Waals surface area contributed by atoms with Crippen LogP contribution in [0.2, 0.25) is 0 Å². The monoisotopic (exact) mass is 512 g/mol. The molecule has 1 heterocycles. The van der Waals surface area contributed by atoms with E-state index in [1.165, 1.54) is 5.69 Å². The Hall–Kier alpha value is -1.17. The summed E-state index contributed by atoms with van der Waals surface area (Å²) >= 11 is 3.49. The quantitative estimate of drug-likeness (QED) is 0.422. The number of nitrogens with zero attached hydrogens (tertiary/aromatic N) is 3. The summed E-state index contributed by atoms with van der Waals surface area (Å²) in [4.78, 5) is 11.9. The van der Waals surface area contributed by atoms with E-state index in [0.29, 0.717) is 12.8 Å². The fraction of sp³-hybridized carbons (Fsp3) is 0.789. The second-order valence-electron chi connectivity index (χ2n) is 8.34. The maximum absolute atomic E-state index is 11.9. The Morgan fingerprint density at radius 2 is 1.77 bits per heavy atom. The zero-order chi connectivity index (χ0) is 23.8. The van der Waals surface area contributed by atoms with Crippen molar-refractivity contribution in [1.82, 2.24) is 15.1 Å². The average Bonchev–Trinajstić information content (AvgIpc) is 2.88. The van der Waals surface area contributed by atoms with Crippen LogP contribution < -0.4 is 5.32 Å². The number of aromatic nitrogens is 2. The van der Waals surface area contributed by atoms with Crippen molar-refractivity contribution in [3.8, 4) is 0 Å². The standard InChI is InChI=1S/C18H33BrN4O2.CH4O3S/c1-8-23(9-2,10-3)13-15-11-16(19)21-22(15)12-14(4)20-17(24)25-18(5,6)7;1-5(2,3)4/h11,14H,8-10,12-13H2,1-7H3;1H3,(H,2,3,4)/t14-;/m0./s1. The number of hydrogen-bond donors (Lipinski definition) is 1. The number of halogens is 1. The van der Waals surface area contributed by atoms with Gasteiger partial charge in [0.25, 0.3) is 0 Å². The summed E-state index contributed by atoms with van der Waals surface area (Å²) in [6.45, 7) is 19.0. The van der Waals surface area contributed by atoms with Crippen molar-refractivity contribution in [3.63, 3.8) is 0 Å². The summed E-state index contributed by atoms with van der Waals surface area (Å²) < 4.78 is 36.4. The number of amides is 1. The SMILES string of the molecule is CC[N+](CC)(CC)Cc1cc(Br)nn1C[C@H](C)NC(=O)OC(C)(C)C.CS(=O)(=O)[O-]. The number of carbonyl (C=O) groups excluding carboxylic acids is 1. The second kappa shape index (κ2) is 12.0. The molecule has 0 aliphatic rings. The molecule has 0 aromatic carbocycles. The predicted octanol–water partition coefficient (Wildman–Crippen LogP) is 3.10. The Kier molecular flexibility index (Phi) is 11.5. The lowest BCUT2D eigenvalue weighted by Gasteiger charge is -2.35. The molecule has 0 spiro atoms. The van der Waals surface area contributed by atoms with Crippen LogP contribution in [0.15, 0.2) is 10.7 Å². The van der Waals surface area contributed by atoms with Crippen molar-refractivity contribution < 1.29 is 27.0 Å². The summed E-state index contributed by atoms with van der Waals surface area (Å²) in [5.41, 5.74) is 0.680. The van der Waals surface area contributed by atoms with Crippen molar-refractivity contribution in [1.29, 1.82) is 0 Å². The van der Waals surface area contributed by atoms with E-state index >= 15 is 0 Å². The van der Waals surface area contributed by atoms with Crippen LogP contribution in [0.1, 0.15) is 54.2 Å². The van der Waals surface area contributed by atoms with Crippen molar-refractivity contribution in [3.05, 3.63) is 16.4 Å². The van der Waals surface area contributed by atoms with Crippen LogP contribution in [-0.4, -0.2) is 70.9 Å². The number of rotatable bonds is 8. The Morgan fingerprint density at radius 1 is 1.30 bits per heavy atom. The molecule has 1 aromatic heterocycles. The number of quaternary nitrogens is 1. The molecule has 0 saturated heterocycles. The third-order valence-electron chi connectivity index (χ3n) is 4.55. The Morgan fingerprint density at radius 3 is 2.17 bits per heavy atom. The van der Waals surface area contributed by atoms with E-state index in [2.05, 4.69) is 53.2 Å². The first kappa shape index (κ1) is 28.8. The minimum absolute atomic E-state index is 0.0767. The number of carbonyl (C=O) groups is 1. The van der Waals surface area contributed by atoms with Crippen molar-refractivity contribution in [2.75, 3.05) is 25.9 Å². The highest BCUT2D eigenvalue weighted by atomic mass is 79.9. The van der Waals surface area contributed by atoms with Crippen molar-refractivity contribution >= 4 is 32.1 Å². The molecule has 1 N–H and O–H groups in total. The van der Waals surface area contributed by atoms with Gasteiger partial charge in [0.15, 0.2) is 0 Å². The molecule has 0 aliphatic heterocycles. The number of ether oxygens (including phenoxy) is 1. The number of alkyl carbamates (subject to hydrolysis) is 1. The van der Waals surface area contributed by atoms with Gasteiger partial charge in [0.2, 0.25) is 0 Å². The molecule has 9 nitrogen and oxygen atoms in total. The van der Waals surface area contributed by atoms with Crippen LogP contribution in [-0.2, 0) is 27.9 Å². The molecule has 0 bridgehead atoms. The van der Waals surface area contributed by atoms with E-state index in [1.807, 2.05) is 32.4 Å². The zero-order valence-corrected chi connectivity index (χ0v) is 21.8. The molecule has 1 atom stereocenters. The molecular weight excluding hydrogens is 476 g/mol. The van der Waals surface area contributed by atoms with E-state index in [0.717, 1.165) is 35.3 Å². The fourth-order valence-electron chi connectivity index (χ4n) is 2.87. The van der Waals surface area contributed by atoms with Crippen LogP contribution in [0, 0.1) is 0 Å². The van der Waals surface area contributed by atoms with E-state index < -0.39 is 21.8 Å². The van der Waals surface area contributed by atoms with Gasteiger partial charge in [-0.2, -0.15) is 5.10 Å². The van der Waals surface area contributed by atoms with Crippen LogP contribution in [0.25, 0.3) is 0 Å². The lowest BCUT2D eigenvalue weighted by molar-refractivity contribution is -0.936. The van der Waals surface area contributed by atoms with Gasteiger partial charge in [0.05, 0.1) is 42.0 Å². The normalized spacial score (nSPS) is 13.3. The highest BCUT2D eigenvalue weighted by molar-refractivity contribution is 9.10. The van der Waals surface area contributed by atoms with E-state index in [9.17, 15) is 4.79 Å². The average molecular weight is 513 g/mol. The minimum Gasteiger partial charge on any atom is -0.748 e. The third-order valence-corrected chi connectivity index (χ3v) is 4.94. The fourth-order valence-corrected chi connectivity index (χ4v) is 3.33. The summed E-state index contributed by atoms with van der Waals surface area (Å²) in [5.74, 6) is 0. The smallest absolute Gasteiger partial charge is 0.407 e. The van der Waals surface area contributed by atoms with E-state index in [4.69, 9.17) is 17.7 Å². The molecule has 11 heteroatoms. The molecule has 0 radical (unpaired) electrons. The molecule has 0 aliphatic carbocycles. The summed E-state index contributed by atoms with van der Waals surface area (Å²) in [7, 11) is -3.92. The molecule has 0 saturated carbocycles. The first-order chi connectivity index (χ1) is 13.5. The van der Waals surface area contributed by atoms with Gasteiger partial charge in [-0.15, -0.1) is 0 Å². The highest BCUT2D eigenvalue weighted by Gasteiger charge is 2.25. The number of hydrogen-bond acceptors (Lipinski definition) is 6. The summed E-state index contributed by atoms with van der Waals surface area (Å²) in [6, 6.07) is 2.00. The van der Waals surface area contributed by atoms with Crippen molar-refractivity contribution in [2.45, 2.75) is 73.2 Å². The Balaban J connectivity index is 0.00000150. The lowest BCUT2D eigenvalue weighted by Crippen LogP contribution is -2.47. The Labute approximate surface area is 189 Å². The molecule has 1 amide bonds. The molecule has 0 unspecified atom stereocenters. The first-order valence-electron chi connectivity index (χ1n) is 10.0. The molecule has 1 aromatic rings. The van der Waals surface area contributed by atoms with Crippen LogP contribution in [0.3, 0.4) is 0 Å². The maximum atomic E-state index is 11.9. The molecule has 1 rings (SSSR count). The molecule has 30 heavy (non-hydrogen) atoms. The van der Waals surface area contributed by atoms with Crippen LogP contribution >= 0.6 is 15.9 Å². The van der Waals surface area contributed by atoms with Gasteiger partial charge in [-0.05, 0) is 70.5 Å². The molecular formula is C19H37BrN4O5S. The Bertz CT molecular complexity index is 754. The molecule has 176 valence electrons. The summed E-state index contributed by atoms with van der Waals surface area (Å²) in [5, 5.41) is 7.43. The maximum Gasteiger partial charge on any atom is 0.407 e. The minimum atomic E-state index is -3.92. The van der Waals surface area contributed by atoms with E-state index in [-0.39, 0.29) is 6.04 Å².